The maximum atomic E-state index is 12.4. The summed E-state index contributed by atoms with van der Waals surface area (Å²) in [7, 11) is 0. The number of rotatable bonds is 6. The molecule has 0 atom stereocenters. The van der Waals surface area contributed by atoms with Gasteiger partial charge in [-0.25, -0.2) is 4.98 Å². The standard InChI is InChI=1S/C25H30N4OS2/c30-24(18-31-25-27-22-8-4-5-9-23(22)32-25)26-19-10-12-21(13-11-19)29-16-14-28(15-17-29)20-6-2-1-3-7-20/h4-5,8-13,20H,1-3,6-7,14-18H2,(H,26,30). The van der Waals surface area contributed by atoms with Gasteiger partial charge in [-0.3, -0.25) is 9.69 Å². The number of anilines is 2. The Bertz CT molecular complexity index is 1000. The fraction of sp³-hybridized carbons (Fsp3) is 0.440. The van der Waals surface area contributed by atoms with E-state index in [-0.39, 0.29) is 5.91 Å². The molecule has 2 aromatic carbocycles. The number of amides is 1. The third-order valence-electron chi connectivity index (χ3n) is 6.52. The van der Waals surface area contributed by atoms with Crippen molar-refractivity contribution >= 4 is 50.6 Å². The molecule has 0 bridgehead atoms. The van der Waals surface area contributed by atoms with E-state index in [0.717, 1.165) is 52.5 Å². The number of carbonyl (C=O) groups excluding carboxylic acids is 1. The first-order valence-electron chi connectivity index (χ1n) is 11.6. The molecule has 3 aromatic rings. The largest absolute Gasteiger partial charge is 0.369 e. The van der Waals surface area contributed by atoms with E-state index in [1.807, 2.05) is 30.3 Å². The molecule has 5 rings (SSSR count). The van der Waals surface area contributed by atoms with Crippen molar-refractivity contribution < 1.29 is 4.79 Å². The third-order valence-corrected chi connectivity index (χ3v) is 8.70. The van der Waals surface area contributed by atoms with Crippen LogP contribution in [0.25, 0.3) is 10.2 Å². The molecule has 7 heteroatoms. The summed E-state index contributed by atoms with van der Waals surface area (Å²) in [4.78, 5) is 22.2. The minimum absolute atomic E-state index is 0.00287. The monoisotopic (exact) mass is 466 g/mol. The van der Waals surface area contributed by atoms with E-state index in [0.29, 0.717) is 5.75 Å². The van der Waals surface area contributed by atoms with Crippen LogP contribution >= 0.6 is 23.1 Å². The first kappa shape index (κ1) is 21.7. The molecule has 1 aromatic heterocycles. The molecule has 0 spiro atoms. The number of thioether (sulfide) groups is 1. The smallest absolute Gasteiger partial charge is 0.234 e. The highest BCUT2D eigenvalue weighted by atomic mass is 32.2. The Morgan fingerprint density at radius 2 is 1.75 bits per heavy atom. The summed E-state index contributed by atoms with van der Waals surface area (Å²) in [5, 5.41) is 3.02. The molecular formula is C25H30N4OS2. The summed E-state index contributed by atoms with van der Waals surface area (Å²) in [6, 6.07) is 17.2. The van der Waals surface area contributed by atoms with Crippen molar-refractivity contribution in [3.8, 4) is 0 Å². The van der Waals surface area contributed by atoms with Crippen LogP contribution in [-0.2, 0) is 4.79 Å². The number of fused-ring (bicyclic) bond motifs is 1. The van der Waals surface area contributed by atoms with Crippen molar-refractivity contribution in [3.63, 3.8) is 0 Å². The van der Waals surface area contributed by atoms with Crippen LogP contribution in [0.15, 0.2) is 52.9 Å². The van der Waals surface area contributed by atoms with Crippen LogP contribution in [0.3, 0.4) is 0 Å². The second-order valence-corrected chi connectivity index (χ2v) is 10.9. The Morgan fingerprint density at radius 1 is 1.00 bits per heavy atom. The lowest BCUT2D eigenvalue weighted by molar-refractivity contribution is -0.113. The lowest BCUT2D eigenvalue weighted by Crippen LogP contribution is -2.50. The molecule has 1 aliphatic carbocycles. The maximum absolute atomic E-state index is 12.4. The van der Waals surface area contributed by atoms with Crippen molar-refractivity contribution in [3.05, 3.63) is 48.5 Å². The quantitative estimate of drug-likeness (QED) is 0.487. The van der Waals surface area contributed by atoms with Gasteiger partial charge in [-0.1, -0.05) is 43.2 Å². The molecule has 32 heavy (non-hydrogen) atoms. The van der Waals surface area contributed by atoms with Crippen molar-refractivity contribution in [2.45, 2.75) is 42.5 Å². The van der Waals surface area contributed by atoms with E-state index in [2.05, 4.69) is 38.3 Å². The first-order valence-corrected chi connectivity index (χ1v) is 13.4. The summed E-state index contributed by atoms with van der Waals surface area (Å²) in [6.07, 6.45) is 6.98. The van der Waals surface area contributed by atoms with Gasteiger partial charge in [0, 0.05) is 43.6 Å². The number of aromatic nitrogens is 1. The predicted molar refractivity (Wildman–Crippen MR) is 136 cm³/mol. The average molecular weight is 467 g/mol. The summed E-state index contributed by atoms with van der Waals surface area (Å²) < 4.78 is 2.09. The minimum atomic E-state index is 0.00287. The second kappa shape index (κ2) is 10.2. The zero-order valence-electron chi connectivity index (χ0n) is 18.3. The average Bonchev–Trinajstić information content (AvgIpc) is 3.27. The highest BCUT2D eigenvalue weighted by Gasteiger charge is 2.25. The lowest BCUT2D eigenvalue weighted by Gasteiger charge is -2.41. The first-order chi connectivity index (χ1) is 15.7. The minimum Gasteiger partial charge on any atom is -0.369 e. The number of hydrogen-bond acceptors (Lipinski definition) is 6. The molecule has 1 aliphatic heterocycles. The third kappa shape index (κ3) is 5.27. The van der Waals surface area contributed by atoms with Crippen molar-refractivity contribution in [1.82, 2.24) is 9.88 Å². The number of nitrogens with zero attached hydrogens (tertiary/aromatic N) is 3. The van der Waals surface area contributed by atoms with Crippen LogP contribution in [0.2, 0.25) is 0 Å². The normalized spacial score (nSPS) is 18.2. The van der Waals surface area contributed by atoms with Crippen molar-refractivity contribution in [1.29, 1.82) is 0 Å². The number of benzene rings is 2. The van der Waals surface area contributed by atoms with Gasteiger partial charge in [-0.05, 0) is 49.2 Å². The molecule has 1 saturated heterocycles. The van der Waals surface area contributed by atoms with Gasteiger partial charge in [0.2, 0.25) is 5.91 Å². The molecule has 1 amide bonds. The van der Waals surface area contributed by atoms with E-state index in [1.165, 1.54) is 49.6 Å². The Balaban J connectivity index is 1.09. The van der Waals surface area contributed by atoms with Gasteiger partial charge in [-0.15, -0.1) is 11.3 Å². The number of thiazole rings is 1. The fourth-order valence-electron chi connectivity index (χ4n) is 4.78. The Hall–Kier alpha value is -2.09. The van der Waals surface area contributed by atoms with Gasteiger partial charge in [-0.2, -0.15) is 0 Å². The zero-order valence-corrected chi connectivity index (χ0v) is 20.0. The van der Waals surface area contributed by atoms with Gasteiger partial charge in [0.15, 0.2) is 4.34 Å². The maximum Gasteiger partial charge on any atom is 0.234 e. The highest BCUT2D eigenvalue weighted by molar-refractivity contribution is 8.01. The van der Waals surface area contributed by atoms with Crippen LogP contribution in [0, 0.1) is 0 Å². The number of piperazine rings is 1. The summed E-state index contributed by atoms with van der Waals surface area (Å²) in [6.45, 7) is 4.49. The topological polar surface area (TPSA) is 48.5 Å². The van der Waals surface area contributed by atoms with E-state index >= 15 is 0 Å². The van der Waals surface area contributed by atoms with Crippen LogP contribution in [-0.4, -0.2) is 53.8 Å². The van der Waals surface area contributed by atoms with E-state index in [9.17, 15) is 4.79 Å². The summed E-state index contributed by atoms with van der Waals surface area (Å²) >= 11 is 3.13. The van der Waals surface area contributed by atoms with Crippen LogP contribution in [0.1, 0.15) is 32.1 Å². The SMILES string of the molecule is O=C(CSc1nc2ccccc2s1)Nc1ccc(N2CCN(C3CCCCC3)CC2)cc1. The van der Waals surface area contributed by atoms with Crippen molar-refractivity contribution in [2.24, 2.45) is 0 Å². The highest BCUT2D eigenvalue weighted by Crippen LogP contribution is 2.29. The molecule has 1 saturated carbocycles. The number of nitrogens with one attached hydrogen (secondary N) is 1. The molecule has 168 valence electrons. The molecule has 2 fully saturated rings. The van der Waals surface area contributed by atoms with Crippen LogP contribution < -0.4 is 10.2 Å². The summed E-state index contributed by atoms with van der Waals surface area (Å²) in [5.41, 5.74) is 3.09. The van der Waals surface area contributed by atoms with E-state index in [1.54, 1.807) is 11.3 Å². The Morgan fingerprint density at radius 3 is 2.50 bits per heavy atom. The van der Waals surface area contributed by atoms with Crippen LogP contribution in [0.5, 0.6) is 0 Å². The van der Waals surface area contributed by atoms with E-state index in [4.69, 9.17) is 0 Å². The molecule has 1 N–H and O–H groups in total. The Labute approximate surface area is 198 Å². The van der Waals surface area contributed by atoms with Crippen LogP contribution in [0.4, 0.5) is 11.4 Å². The molecule has 0 unspecified atom stereocenters. The van der Waals surface area contributed by atoms with Gasteiger partial charge < -0.3 is 10.2 Å². The van der Waals surface area contributed by atoms with Gasteiger partial charge in [0.05, 0.1) is 16.0 Å². The molecule has 2 heterocycles. The second-order valence-electron chi connectivity index (χ2n) is 8.65. The molecular weight excluding hydrogens is 436 g/mol. The molecule has 5 nitrogen and oxygen atoms in total. The van der Waals surface area contributed by atoms with Crippen molar-refractivity contribution in [2.75, 3.05) is 42.1 Å². The predicted octanol–water partition coefficient (Wildman–Crippen LogP) is 5.48. The van der Waals surface area contributed by atoms with Gasteiger partial charge in [0.1, 0.15) is 0 Å². The number of para-hydroxylation sites is 1. The van der Waals surface area contributed by atoms with Gasteiger partial charge in [0.25, 0.3) is 0 Å². The fourth-order valence-corrected chi connectivity index (χ4v) is 6.65. The molecule has 0 radical (unpaired) electrons. The van der Waals surface area contributed by atoms with Gasteiger partial charge >= 0.3 is 0 Å². The lowest BCUT2D eigenvalue weighted by atomic mass is 9.94. The number of hydrogen-bond donors (Lipinski definition) is 1. The Kier molecular flexibility index (Phi) is 6.95. The van der Waals surface area contributed by atoms with E-state index < -0.39 is 0 Å². The zero-order chi connectivity index (χ0) is 21.8. The summed E-state index contributed by atoms with van der Waals surface area (Å²) in [5.74, 6) is 0.369. The number of carbonyl (C=O) groups is 1. The molecule has 2 aliphatic rings.